The molecule has 15 heteroatoms. The minimum absolute atomic E-state index is 0.0457. The number of methoxy groups -OCH3 is 1. The van der Waals surface area contributed by atoms with Gasteiger partial charge in [0.2, 0.25) is 17.9 Å². The molecule has 2 fully saturated rings. The maximum Gasteiger partial charge on any atom is 0.429 e. The van der Waals surface area contributed by atoms with Gasteiger partial charge in [-0.1, -0.05) is 29.8 Å². The van der Waals surface area contributed by atoms with Crippen molar-refractivity contribution in [1.29, 1.82) is 0 Å². The highest BCUT2D eigenvalue weighted by Gasteiger charge is 2.46. The van der Waals surface area contributed by atoms with Gasteiger partial charge in [0.25, 0.3) is 0 Å². The van der Waals surface area contributed by atoms with Crippen molar-refractivity contribution in [3.8, 4) is 17.0 Å². The number of anilines is 2. The Kier molecular flexibility index (Phi) is 8.71. The predicted molar refractivity (Wildman–Crippen MR) is 158 cm³/mol. The van der Waals surface area contributed by atoms with Crippen molar-refractivity contribution in [3.05, 3.63) is 59.1 Å². The Morgan fingerprint density at radius 1 is 1.16 bits per heavy atom. The van der Waals surface area contributed by atoms with Gasteiger partial charge in [-0.2, -0.15) is 23.1 Å². The van der Waals surface area contributed by atoms with Crippen LogP contribution in [0.1, 0.15) is 30.9 Å². The smallest absolute Gasteiger partial charge is 0.429 e. The Bertz CT molecular complexity index is 1670. The number of carbonyl (C=O) groups excluding carboxylic acids is 1. The molecule has 1 aromatic heterocycles. The van der Waals surface area contributed by atoms with E-state index in [4.69, 9.17) is 26.8 Å². The van der Waals surface area contributed by atoms with Crippen molar-refractivity contribution in [3.63, 3.8) is 0 Å². The minimum Gasteiger partial charge on any atom is -0.468 e. The molecular weight excluding hydrogens is 623 g/mol. The molecule has 3 N–H and O–H groups in total. The summed E-state index contributed by atoms with van der Waals surface area (Å²) in [6.07, 6.45) is -4.31. The van der Waals surface area contributed by atoms with Crippen molar-refractivity contribution < 1.29 is 35.9 Å². The zero-order valence-corrected chi connectivity index (χ0v) is 25.5. The lowest BCUT2D eigenvalue weighted by Crippen LogP contribution is -2.41. The average molecular weight is 654 g/mol. The second kappa shape index (κ2) is 12.1. The molecule has 2 aliphatic rings. The lowest BCUT2D eigenvalue weighted by Gasteiger charge is -2.39. The Labute approximate surface area is 257 Å². The highest BCUT2D eigenvalue weighted by molar-refractivity contribution is 7.90. The molecule has 0 bridgehead atoms. The molecule has 0 saturated carbocycles. The van der Waals surface area contributed by atoms with Crippen LogP contribution in [0.2, 0.25) is 5.02 Å². The van der Waals surface area contributed by atoms with Crippen LogP contribution in [-0.2, 0) is 19.4 Å². The van der Waals surface area contributed by atoms with Gasteiger partial charge >= 0.3 is 12.1 Å². The Morgan fingerprint density at radius 2 is 1.89 bits per heavy atom. The third-order valence-electron chi connectivity index (χ3n) is 8.11. The van der Waals surface area contributed by atoms with E-state index in [0.29, 0.717) is 31.9 Å². The molecule has 2 saturated heterocycles. The molecule has 10 nitrogen and oxygen atoms in total. The monoisotopic (exact) mass is 653 g/mol. The van der Waals surface area contributed by atoms with Gasteiger partial charge in [0, 0.05) is 42.5 Å². The number of nitrogens with one attached hydrogen (secondary N) is 1. The SMILES string of the molecule is COC(=O)[C@@H]1CC2(CCN(c3cc(O[C@H](c4ccc(Cl)cc4-c4cccc(S(C)(=O)=O)c4)C(F)(F)F)nc(N)n3)CC2)CN1. The van der Waals surface area contributed by atoms with E-state index in [1.165, 1.54) is 55.6 Å². The molecule has 3 heterocycles. The predicted octanol–water partition coefficient (Wildman–Crippen LogP) is 4.59. The molecule has 5 rings (SSSR count). The highest BCUT2D eigenvalue weighted by atomic mass is 35.5. The third kappa shape index (κ3) is 6.87. The van der Waals surface area contributed by atoms with Gasteiger partial charge in [0.05, 0.1) is 12.0 Å². The van der Waals surface area contributed by atoms with Crippen LogP contribution >= 0.6 is 11.6 Å². The van der Waals surface area contributed by atoms with Gasteiger partial charge in [-0.25, -0.2) is 8.42 Å². The van der Waals surface area contributed by atoms with Crippen molar-refractivity contribution in [2.45, 2.75) is 42.5 Å². The molecule has 44 heavy (non-hydrogen) atoms. The van der Waals surface area contributed by atoms with Crippen LogP contribution in [0.5, 0.6) is 5.88 Å². The summed E-state index contributed by atoms with van der Waals surface area (Å²) in [5.41, 5.74) is 5.79. The zero-order valence-electron chi connectivity index (χ0n) is 23.9. The van der Waals surface area contributed by atoms with E-state index in [1.807, 2.05) is 4.90 Å². The zero-order chi connectivity index (χ0) is 31.9. The number of hydrogen-bond donors (Lipinski definition) is 2. The van der Waals surface area contributed by atoms with E-state index in [0.717, 1.165) is 19.1 Å². The van der Waals surface area contributed by atoms with E-state index in [1.54, 1.807) is 0 Å². The van der Waals surface area contributed by atoms with Crippen LogP contribution in [0, 0.1) is 5.41 Å². The molecule has 0 radical (unpaired) electrons. The largest absolute Gasteiger partial charge is 0.468 e. The Hall–Kier alpha value is -3.62. The van der Waals surface area contributed by atoms with Gasteiger partial charge in [-0.3, -0.25) is 4.79 Å². The van der Waals surface area contributed by atoms with E-state index in [-0.39, 0.29) is 55.9 Å². The normalized spacial score (nSPS) is 19.1. The number of nitrogens with zero attached hydrogens (tertiary/aromatic N) is 3. The lowest BCUT2D eigenvalue weighted by atomic mass is 9.76. The molecule has 0 aliphatic carbocycles. The van der Waals surface area contributed by atoms with E-state index >= 15 is 0 Å². The standard InChI is InChI=1S/C29H31ClF3N5O5S/c1-42-26(39)22-15-28(16-35-22)8-10-38(11-9-28)23-14-24(37-27(34)36-23)43-25(29(31,32)33)20-7-6-18(30)13-21(20)17-4-3-5-19(12-17)44(2,40)41/h3-7,12-14,22,25,35H,8-11,15-16H2,1-2H3,(H2,34,36,37)/t22-,25+/m0/s1. The first-order chi connectivity index (χ1) is 20.7. The Morgan fingerprint density at radius 3 is 2.55 bits per heavy atom. The van der Waals surface area contributed by atoms with Crippen molar-refractivity contribution >= 4 is 39.2 Å². The summed E-state index contributed by atoms with van der Waals surface area (Å²) >= 11 is 6.17. The van der Waals surface area contributed by atoms with Crippen molar-refractivity contribution in [2.24, 2.45) is 5.41 Å². The van der Waals surface area contributed by atoms with Gasteiger partial charge in [0.15, 0.2) is 9.84 Å². The molecule has 3 aromatic rings. The van der Waals surface area contributed by atoms with Gasteiger partial charge < -0.3 is 25.4 Å². The maximum absolute atomic E-state index is 14.6. The van der Waals surface area contributed by atoms with Crippen LogP contribution in [0.25, 0.3) is 11.1 Å². The van der Waals surface area contributed by atoms with E-state index < -0.39 is 22.1 Å². The molecule has 2 aromatic carbocycles. The fourth-order valence-electron chi connectivity index (χ4n) is 5.80. The summed E-state index contributed by atoms with van der Waals surface area (Å²) in [5, 5.41) is 3.37. The topological polar surface area (TPSA) is 137 Å². The first-order valence-corrected chi connectivity index (χ1v) is 16.0. The Balaban J connectivity index is 1.42. The number of alkyl halides is 3. The number of benzene rings is 2. The summed E-state index contributed by atoms with van der Waals surface area (Å²) in [6.45, 7) is 1.73. The van der Waals surface area contributed by atoms with Crippen LogP contribution in [0.3, 0.4) is 0 Å². The number of esters is 1. The number of nitrogens with two attached hydrogens (primary N) is 1. The fraction of sp³-hybridized carbons (Fsp3) is 0.414. The first-order valence-electron chi connectivity index (χ1n) is 13.7. The van der Waals surface area contributed by atoms with Crippen LogP contribution in [0.4, 0.5) is 24.9 Å². The number of carbonyl (C=O) groups is 1. The highest BCUT2D eigenvalue weighted by Crippen LogP contribution is 2.43. The van der Waals surface area contributed by atoms with E-state index in [2.05, 4.69) is 15.3 Å². The van der Waals surface area contributed by atoms with Gasteiger partial charge in [-0.05, 0) is 60.1 Å². The molecule has 0 unspecified atom stereocenters. The number of hydrogen-bond acceptors (Lipinski definition) is 10. The fourth-order valence-corrected chi connectivity index (χ4v) is 6.64. The number of sulfone groups is 1. The quantitative estimate of drug-likeness (QED) is 0.349. The molecule has 2 aliphatic heterocycles. The van der Waals surface area contributed by atoms with Crippen molar-refractivity contribution in [2.75, 3.05) is 43.6 Å². The molecule has 236 valence electrons. The summed E-state index contributed by atoms with van der Waals surface area (Å²) < 4.78 is 78.5. The third-order valence-corrected chi connectivity index (χ3v) is 9.45. The second-order valence-electron chi connectivity index (χ2n) is 11.1. The molecule has 2 atom stereocenters. The summed E-state index contributed by atoms with van der Waals surface area (Å²) in [5.74, 6) is -0.630. The van der Waals surface area contributed by atoms with Gasteiger partial charge in [0.1, 0.15) is 11.9 Å². The van der Waals surface area contributed by atoms with Crippen LogP contribution in [-0.4, -0.2) is 69.6 Å². The second-order valence-corrected chi connectivity index (χ2v) is 13.6. The van der Waals surface area contributed by atoms with Gasteiger partial charge in [-0.15, -0.1) is 0 Å². The van der Waals surface area contributed by atoms with Crippen LogP contribution < -0.4 is 20.7 Å². The van der Waals surface area contributed by atoms with Crippen molar-refractivity contribution in [1.82, 2.24) is 15.3 Å². The minimum atomic E-state index is -4.90. The summed E-state index contributed by atoms with van der Waals surface area (Å²) in [7, 11) is -2.28. The average Bonchev–Trinajstić information content (AvgIpc) is 3.38. The number of halogens is 4. The molecule has 0 amide bonds. The maximum atomic E-state index is 14.6. The first kappa shape index (κ1) is 31.8. The van der Waals surface area contributed by atoms with E-state index in [9.17, 15) is 26.4 Å². The molecule has 1 spiro atoms. The number of rotatable bonds is 7. The number of piperidine rings is 1. The number of nitrogen functional groups attached to an aromatic ring is 1. The lowest BCUT2D eigenvalue weighted by molar-refractivity contribution is -0.198. The molecular formula is C29H31ClF3N5O5S. The number of ether oxygens (including phenoxy) is 2. The summed E-state index contributed by atoms with van der Waals surface area (Å²) in [6, 6.07) is 10.3. The van der Waals surface area contributed by atoms with Crippen LogP contribution in [0.15, 0.2) is 53.4 Å². The summed E-state index contributed by atoms with van der Waals surface area (Å²) in [4.78, 5) is 22.0. The number of aromatic nitrogens is 2.